The lowest BCUT2D eigenvalue weighted by Crippen LogP contribution is -2.07. The van der Waals surface area contributed by atoms with E-state index >= 15 is 0 Å². The third-order valence-corrected chi connectivity index (χ3v) is 2.44. The highest BCUT2D eigenvalue weighted by Gasteiger charge is 2.23. The normalized spacial score (nSPS) is 14.5. The average Bonchev–Trinajstić information content (AvgIpc) is 3.10. The lowest BCUT2D eigenvalue weighted by molar-refractivity contribution is -0.384. The van der Waals surface area contributed by atoms with Gasteiger partial charge in [0, 0.05) is 12.1 Å². The van der Waals surface area contributed by atoms with Gasteiger partial charge in [0.1, 0.15) is 0 Å². The number of rotatable bonds is 4. The van der Waals surface area contributed by atoms with E-state index in [1.165, 1.54) is 24.3 Å². The van der Waals surface area contributed by atoms with E-state index in [4.69, 9.17) is 4.74 Å². The largest absolute Gasteiger partial charge is 0.462 e. The Hall–Kier alpha value is -1.91. The van der Waals surface area contributed by atoms with Gasteiger partial charge in [-0.25, -0.2) is 4.79 Å². The fraction of sp³-hybridized carbons (Fsp3) is 0.364. The molecule has 16 heavy (non-hydrogen) atoms. The number of benzene rings is 1. The number of hydrogen-bond acceptors (Lipinski definition) is 4. The molecule has 1 aromatic carbocycles. The zero-order valence-electron chi connectivity index (χ0n) is 8.59. The molecule has 1 saturated carbocycles. The Bertz CT molecular complexity index is 426. The molecule has 0 spiro atoms. The van der Waals surface area contributed by atoms with Crippen LogP contribution in [0.2, 0.25) is 0 Å². The number of nitro groups is 1. The molecular weight excluding hydrogens is 210 g/mol. The van der Waals surface area contributed by atoms with Crippen LogP contribution in [0.5, 0.6) is 0 Å². The minimum absolute atomic E-state index is 0.0964. The minimum Gasteiger partial charge on any atom is -0.462 e. The summed E-state index contributed by atoms with van der Waals surface area (Å²) in [5, 5.41) is 10.5. The predicted octanol–water partition coefficient (Wildman–Crippen LogP) is 2.16. The third-order valence-electron chi connectivity index (χ3n) is 2.44. The lowest BCUT2D eigenvalue weighted by atomic mass is 10.2. The standard InChI is InChI=1S/C11H11NO4/c13-11(16-7-8-4-5-8)9-2-1-3-10(6-9)12(14)15/h1-3,6,8H,4-5,7H2. The second kappa shape index (κ2) is 4.30. The summed E-state index contributed by atoms with van der Waals surface area (Å²) in [4.78, 5) is 21.5. The molecule has 0 bridgehead atoms. The van der Waals surface area contributed by atoms with Crippen LogP contribution in [-0.2, 0) is 4.74 Å². The average molecular weight is 221 g/mol. The molecule has 0 atom stereocenters. The van der Waals surface area contributed by atoms with Crippen LogP contribution in [0.3, 0.4) is 0 Å². The van der Waals surface area contributed by atoms with E-state index in [1.54, 1.807) is 0 Å². The van der Waals surface area contributed by atoms with E-state index in [9.17, 15) is 14.9 Å². The maximum absolute atomic E-state index is 11.5. The molecule has 0 amide bonds. The van der Waals surface area contributed by atoms with Crippen molar-refractivity contribution in [3.63, 3.8) is 0 Å². The topological polar surface area (TPSA) is 69.4 Å². The van der Waals surface area contributed by atoms with E-state index in [2.05, 4.69) is 0 Å². The number of carbonyl (C=O) groups is 1. The van der Waals surface area contributed by atoms with E-state index in [1.807, 2.05) is 0 Å². The summed E-state index contributed by atoms with van der Waals surface area (Å²) < 4.78 is 5.03. The van der Waals surface area contributed by atoms with E-state index in [0.29, 0.717) is 12.5 Å². The lowest BCUT2D eigenvalue weighted by Gasteiger charge is -2.02. The predicted molar refractivity (Wildman–Crippen MR) is 56.1 cm³/mol. The molecule has 0 saturated heterocycles. The van der Waals surface area contributed by atoms with Crippen LogP contribution in [0.15, 0.2) is 24.3 Å². The Labute approximate surface area is 92.2 Å². The summed E-state index contributed by atoms with van der Waals surface area (Å²) in [7, 11) is 0. The van der Waals surface area contributed by atoms with Gasteiger partial charge in [0.05, 0.1) is 17.1 Å². The molecule has 1 aliphatic carbocycles. The molecular formula is C11H11NO4. The van der Waals surface area contributed by atoms with Crippen LogP contribution in [0.4, 0.5) is 5.69 Å². The maximum atomic E-state index is 11.5. The van der Waals surface area contributed by atoms with E-state index in [-0.39, 0.29) is 11.3 Å². The molecule has 5 nitrogen and oxygen atoms in total. The SMILES string of the molecule is O=C(OCC1CC1)c1cccc([N+](=O)[O-])c1. The molecule has 5 heteroatoms. The summed E-state index contributed by atoms with van der Waals surface area (Å²) >= 11 is 0. The van der Waals surface area contributed by atoms with Crippen LogP contribution in [0.25, 0.3) is 0 Å². The number of non-ortho nitro benzene ring substituents is 1. The molecule has 0 aliphatic heterocycles. The first kappa shape index (κ1) is 10.6. The molecule has 1 aliphatic rings. The summed E-state index contributed by atoms with van der Waals surface area (Å²) in [6.45, 7) is 0.418. The summed E-state index contributed by atoms with van der Waals surface area (Å²) in [6.07, 6.45) is 2.20. The number of ether oxygens (including phenoxy) is 1. The second-order valence-corrected chi connectivity index (χ2v) is 3.85. The number of hydrogen-bond donors (Lipinski definition) is 0. The summed E-state index contributed by atoms with van der Waals surface area (Å²) in [5.74, 6) is -0.00162. The second-order valence-electron chi connectivity index (χ2n) is 3.85. The highest BCUT2D eigenvalue weighted by atomic mass is 16.6. The zero-order valence-corrected chi connectivity index (χ0v) is 8.59. The van der Waals surface area contributed by atoms with Gasteiger partial charge in [0.15, 0.2) is 0 Å². The zero-order chi connectivity index (χ0) is 11.5. The Morgan fingerprint density at radius 3 is 2.88 bits per heavy atom. The van der Waals surface area contributed by atoms with Crippen molar-refractivity contribution in [3.8, 4) is 0 Å². The van der Waals surface area contributed by atoms with Crippen LogP contribution >= 0.6 is 0 Å². The van der Waals surface area contributed by atoms with Crippen molar-refractivity contribution in [2.45, 2.75) is 12.8 Å². The van der Waals surface area contributed by atoms with Crippen molar-refractivity contribution in [1.29, 1.82) is 0 Å². The highest BCUT2D eigenvalue weighted by molar-refractivity contribution is 5.90. The van der Waals surface area contributed by atoms with Crippen molar-refractivity contribution in [2.24, 2.45) is 5.92 Å². The first-order valence-corrected chi connectivity index (χ1v) is 5.08. The first-order valence-electron chi connectivity index (χ1n) is 5.08. The van der Waals surface area contributed by atoms with Crippen molar-refractivity contribution in [3.05, 3.63) is 39.9 Å². The Morgan fingerprint density at radius 1 is 1.50 bits per heavy atom. The highest BCUT2D eigenvalue weighted by Crippen LogP contribution is 2.29. The number of nitrogens with zero attached hydrogens (tertiary/aromatic N) is 1. The molecule has 0 radical (unpaired) electrons. The van der Waals surface area contributed by atoms with Gasteiger partial charge in [-0.05, 0) is 24.8 Å². The number of carbonyl (C=O) groups excluding carboxylic acids is 1. The Morgan fingerprint density at radius 2 is 2.25 bits per heavy atom. The fourth-order valence-electron chi connectivity index (χ4n) is 1.31. The van der Waals surface area contributed by atoms with Gasteiger partial charge in [-0.15, -0.1) is 0 Å². The molecule has 0 heterocycles. The summed E-state index contributed by atoms with van der Waals surface area (Å²) in [6, 6.07) is 5.57. The van der Waals surface area contributed by atoms with Crippen molar-refractivity contribution < 1.29 is 14.5 Å². The van der Waals surface area contributed by atoms with Crippen molar-refractivity contribution in [2.75, 3.05) is 6.61 Å². The molecule has 0 aromatic heterocycles. The van der Waals surface area contributed by atoms with Crippen molar-refractivity contribution in [1.82, 2.24) is 0 Å². The third kappa shape index (κ3) is 2.56. The van der Waals surface area contributed by atoms with E-state index in [0.717, 1.165) is 12.8 Å². The summed E-state index contributed by atoms with van der Waals surface area (Å²) in [5.41, 5.74) is 0.135. The smallest absolute Gasteiger partial charge is 0.338 e. The monoisotopic (exact) mass is 221 g/mol. The quantitative estimate of drug-likeness (QED) is 0.443. The Balaban J connectivity index is 2.03. The number of nitro benzene ring substituents is 1. The minimum atomic E-state index is -0.530. The molecule has 84 valence electrons. The van der Waals surface area contributed by atoms with Gasteiger partial charge < -0.3 is 4.74 Å². The fourth-order valence-corrected chi connectivity index (χ4v) is 1.31. The number of esters is 1. The van der Waals surface area contributed by atoms with Crippen LogP contribution in [0, 0.1) is 16.0 Å². The van der Waals surface area contributed by atoms with Gasteiger partial charge in [-0.3, -0.25) is 10.1 Å². The van der Waals surface area contributed by atoms with Gasteiger partial charge in [0.2, 0.25) is 0 Å². The molecule has 0 N–H and O–H groups in total. The molecule has 1 aromatic rings. The molecule has 2 rings (SSSR count). The Kier molecular flexibility index (Phi) is 2.85. The van der Waals surface area contributed by atoms with Crippen molar-refractivity contribution >= 4 is 11.7 Å². The van der Waals surface area contributed by atoms with Crippen LogP contribution in [-0.4, -0.2) is 17.5 Å². The maximum Gasteiger partial charge on any atom is 0.338 e. The van der Waals surface area contributed by atoms with Gasteiger partial charge in [-0.1, -0.05) is 6.07 Å². The van der Waals surface area contributed by atoms with Gasteiger partial charge in [-0.2, -0.15) is 0 Å². The van der Waals surface area contributed by atoms with Gasteiger partial charge in [0.25, 0.3) is 5.69 Å². The molecule has 0 unspecified atom stereocenters. The van der Waals surface area contributed by atoms with Gasteiger partial charge >= 0.3 is 5.97 Å². The van der Waals surface area contributed by atoms with Crippen LogP contribution in [0.1, 0.15) is 23.2 Å². The van der Waals surface area contributed by atoms with E-state index < -0.39 is 10.9 Å². The first-order chi connectivity index (χ1) is 7.66. The van der Waals surface area contributed by atoms with Crippen LogP contribution < -0.4 is 0 Å². The molecule has 1 fully saturated rings.